The smallest absolute Gasteiger partial charge is 0.174 e. The average molecular weight is 726 g/mol. The van der Waals surface area contributed by atoms with Gasteiger partial charge in [0.15, 0.2) is 14.3 Å². The van der Waals surface area contributed by atoms with E-state index in [0.29, 0.717) is 46.6 Å². The fourth-order valence-electron chi connectivity index (χ4n) is 7.91. The molecule has 1 spiro atoms. The number of halogens is 4. The lowest BCUT2D eigenvalue weighted by Crippen LogP contribution is -2.17. The lowest BCUT2D eigenvalue weighted by molar-refractivity contribution is 0.451. The number of hydrogen-bond donors (Lipinski definition) is 0. The van der Waals surface area contributed by atoms with Crippen molar-refractivity contribution in [3.63, 3.8) is 0 Å². The van der Waals surface area contributed by atoms with E-state index >= 15 is 9.13 Å². The first-order valence-electron chi connectivity index (χ1n) is 15.0. The van der Waals surface area contributed by atoms with Crippen LogP contribution in [0.15, 0.2) is 125 Å². The Kier molecular flexibility index (Phi) is 8.36. The largest absolute Gasteiger partial charge is 0.309 e. The minimum absolute atomic E-state index is 0.302. The summed E-state index contributed by atoms with van der Waals surface area (Å²) in [5, 5.41) is 6.59. The zero-order valence-corrected chi connectivity index (χ0v) is 31.3. The van der Waals surface area contributed by atoms with Gasteiger partial charge in [0.25, 0.3) is 0 Å². The Morgan fingerprint density at radius 3 is 1.15 bits per heavy atom. The zero-order chi connectivity index (χ0) is 33.4. The van der Waals surface area contributed by atoms with Crippen molar-refractivity contribution in [1.82, 2.24) is 0 Å². The van der Waals surface area contributed by atoms with Crippen molar-refractivity contribution in [3.8, 4) is 0 Å². The van der Waals surface area contributed by atoms with Crippen LogP contribution in [0.3, 0.4) is 0 Å². The molecule has 0 amide bonds. The fraction of sp³-hybridized carbons (Fsp3) is 0.237. The molecule has 4 aromatic carbocycles. The first kappa shape index (κ1) is 33.7. The van der Waals surface area contributed by atoms with Crippen LogP contribution in [0, 0.1) is 16.2 Å². The fourth-order valence-corrected chi connectivity index (χ4v) is 13.9. The van der Waals surface area contributed by atoms with Crippen LogP contribution in [-0.2, 0) is 9.13 Å². The molecule has 0 N–H and O–H groups in total. The van der Waals surface area contributed by atoms with Gasteiger partial charge in [-0.2, -0.15) is 0 Å². The van der Waals surface area contributed by atoms with E-state index in [1.807, 2.05) is 62.4 Å². The molecule has 2 aliphatic carbocycles. The van der Waals surface area contributed by atoms with Gasteiger partial charge in [-0.1, -0.05) is 74.1 Å². The number of allylic oxidation sites excluding steroid dienone is 3. The summed E-state index contributed by atoms with van der Waals surface area (Å²) in [5.41, 5.74) is 4.91. The van der Waals surface area contributed by atoms with Gasteiger partial charge in [-0.3, -0.25) is 0 Å². The number of hydrogen-bond acceptors (Lipinski definition) is 2. The van der Waals surface area contributed by atoms with Crippen LogP contribution < -0.4 is 21.2 Å². The van der Waals surface area contributed by atoms with Crippen molar-refractivity contribution in [2.24, 2.45) is 16.2 Å². The third-order valence-corrected chi connectivity index (χ3v) is 17.5. The van der Waals surface area contributed by atoms with Gasteiger partial charge in [-0.05, 0) is 127 Å². The highest BCUT2D eigenvalue weighted by Gasteiger charge is 2.88. The summed E-state index contributed by atoms with van der Waals surface area (Å²) >= 11 is 25.0. The van der Waals surface area contributed by atoms with Gasteiger partial charge in [0, 0.05) is 62.9 Å². The van der Waals surface area contributed by atoms with E-state index in [0.717, 1.165) is 16.5 Å². The highest BCUT2D eigenvalue weighted by Crippen LogP contribution is 2.94. The van der Waals surface area contributed by atoms with Crippen molar-refractivity contribution < 1.29 is 9.13 Å². The first-order chi connectivity index (χ1) is 21.5. The van der Waals surface area contributed by atoms with Crippen molar-refractivity contribution >= 4 is 81.9 Å². The third kappa shape index (κ3) is 4.84. The normalized spacial score (nSPS) is 20.7. The van der Waals surface area contributed by atoms with Crippen LogP contribution in [0.5, 0.6) is 0 Å². The van der Waals surface area contributed by atoms with Crippen molar-refractivity contribution in [3.05, 3.63) is 145 Å². The molecule has 46 heavy (non-hydrogen) atoms. The molecule has 0 aromatic heterocycles. The summed E-state index contributed by atoms with van der Waals surface area (Å²) < 4.78 is 30.7. The molecule has 1 unspecified atom stereocenters. The van der Waals surface area contributed by atoms with E-state index in [2.05, 4.69) is 33.4 Å². The maximum Gasteiger partial charge on any atom is 0.174 e. The Labute approximate surface area is 291 Å². The van der Waals surface area contributed by atoms with Gasteiger partial charge in [0.05, 0.1) is 0 Å². The predicted octanol–water partition coefficient (Wildman–Crippen LogP) is 11.4. The maximum atomic E-state index is 15.5. The molecule has 4 aromatic rings. The molecule has 0 radical (unpaired) electrons. The molecule has 2 nitrogen and oxygen atoms in total. The Bertz CT molecular complexity index is 1970. The van der Waals surface area contributed by atoms with Crippen LogP contribution in [-0.4, -0.2) is 0 Å². The second-order valence-corrected chi connectivity index (χ2v) is 20.8. The topological polar surface area (TPSA) is 34.1 Å². The average Bonchev–Trinajstić information content (AvgIpc) is 3.75. The molecule has 1 atom stereocenters. The molecule has 0 aliphatic heterocycles. The summed E-state index contributed by atoms with van der Waals surface area (Å²) in [6, 6.07) is 28.9. The van der Waals surface area contributed by atoms with E-state index < -0.39 is 14.3 Å². The quantitative estimate of drug-likeness (QED) is 0.146. The highest BCUT2D eigenvalue weighted by atomic mass is 35.5. The number of rotatable bonds is 6. The lowest BCUT2D eigenvalue weighted by Gasteiger charge is -2.21. The van der Waals surface area contributed by atoms with Crippen LogP contribution in [0.25, 0.3) is 0 Å². The Balaban J connectivity index is 1.58. The van der Waals surface area contributed by atoms with Crippen molar-refractivity contribution in [2.45, 2.75) is 41.5 Å². The second-order valence-electron chi connectivity index (χ2n) is 13.2. The molecule has 8 heteroatoms. The molecule has 2 aliphatic rings. The zero-order valence-electron chi connectivity index (χ0n) is 26.5. The monoisotopic (exact) mass is 724 g/mol. The first-order valence-corrected chi connectivity index (χ1v) is 19.9. The highest BCUT2D eigenvalue weighted by molar-refractivity contribution is 7.82. The van der Waals surface area contributed by atoms with E-state index in [4.69, 9.17) is 46.4 Å². The van der Waals surface area contributed by atoms with Crippen molar-refractivity contribution in [1.29, 1.82) is 0 Å². The van der Waals surface area contributed by atoms with Gasteiger partial charge >= 0.3 is 0 Å². The molecule has 2 saturated carbocycles. The summed E-state index contributed by atoms with van der Waals surface area (Å²) in [7, 11) is -6.59. The Hall–Kier alpha value is -2.24. The molecule has 0 heterocycles. The standard InChI is InChI=1S/C38H34Cl4O2P2/c1-24(45(43,30-15-7-26(39)8-16-30)31-17-9-27(40)10-18-31)23-34-36(3,4)38(34)35(37(38,5)6)25(2)46(44,32-19-11-28(41)12-20-32)33-21-13-29(42)14-22-33/h7-22H,1-6H3/b35-25+. The third-order valence-electron chi connectivity index (χ3n) is 10.1. The summed E-state index contributed by atoms with van der Waals surface area (Å²) in [4.78, 5) is 0. The maximum absolute atomic E-state index is 15.5. The molecule has 6 rings (SSSR count). The SMILES string of the molecule is CC(=C=C1C(C)(C)C12/C(=C(\C)P(=O)(c1ccc(Cl)cc1)c1ccc(Cl)cc1)C2(C)C)P(=O)(c1ccc(Cl)cc1)c1ccc(Cl)cc1. The van der Waals surface area contributed by atoms with Crippen LogP contribution >= 0.6 is 60.7 Å². The molecular weight excluding hydrogens is 692 g/mol. The van der Waals surface area contributed by atoms with E-state index in [1.54, 1.807) is 48.5 Å². The molecular formula is C38H34Cl4O2P2. The second kappa shape index (κ2) is 11.4. The molecule has 2 fully saturated rings. The van der Waals surface area contributed by atoms with Gasteiger partial charge in [0.2, 0.25) is 0 Å². The lowest BCUT2D eigenvalue weighted by atomic mass is 10.0. The summed E-state index contributed by atoms with van der Waals surface area (Å²) in [6.07, 6.45) is 0. The minimum Gasteiger partial charge on any atom is -0.309 e. The number of benzene rings is 4. The van der Waals surface area contributed by atoms with Crippen LogP contribution in [0.1, 0.15) is 41.5 Å². The molecule has 236 valence electrons. The summed E-state index contributed by atoms with van der Waals surface area (Å²) in [5.74, 6) is 0. The van der Waals surface area contributed by atoms with Gasteiger partial charge in [-0.25, -0.2) is 0 Å². The Morgan fingerprint density at radius 1 is 0.522 bits per heavy atom. The van der Waals surface area contributed by atoms with Gasteiger partial charge in [-0.15, -0.1) is 5.73 Å². The summed E-state index contributed by atoms with van der Waals surface area (Å²) in [6.45, 7) is 12.7. The van der Waals surface area contributed by atoms with Gasteiger partial charge in [0.1, 0.15) is 0 Å². The van der Waals surface area contributed by atoms with Crippen LogP contribution in [0.4, 0.5) is 0 Å². The van der Waals surface area contributed by atoms with E-state index in [1.165, 1.54) is 0 Å². The molecule has 0 saturated heterocycles. The van der Waals surface area contributed by atoms with Crippen LogP contribution in [0.2, 0.25) is 20.1 Å². The minimum atomic E-state index is -3.30. The van der Waals surface area contributed by atoms with Crippen molar-refractivity contribution in [2.75, 3.05) is 0 Å². The molecule has 0 bridgehead atoms. The van der Waals surface area contributed by atoms with E-state index in [-0.39, 0.29) is 16.2 Å². The predicted molar refractivity (Wildman–Crippen MR) is 198 cm³/mol. The van der Waals surface area contributed by atoms with E-state index in [9.17, 15) is 0 Å². The Morgan fingerprint density at radius 2 is 0.826 bits per heavy atom. The van der Waals surface area contributed by atoms with Gasteiger partial charge < -0.3 is 9.13 Å².